The van der Waals surface area contributed by atoms with Crippen molar-refractivity contribution in [1.82, 2.24) is 9.80 Å². The summed E-state index contributed by atoms with van der Waals surface area (Å²) in [6.07, 6.45) is -0.478. The maximum Gasteiger partial charge on any atom is 0.262 e. The third-order valence-corrected chi connectivity index (χ3v) is 10.1. The summed E-state index contributed by atoms with van der Waals surface area (Å²) in [6, 6.07) is 24.6. The van der Waals surface area contributed by atoms with Crippen molar-refractivity contribution in [2.75, 3.05) is 49.6 Å². The monoisotopic (exact) mass is 701 g/mol. The molecule has 0 bridgehead atoms. The van der Waals surface area contributed by atoms with E-state index in [0.29, 0.717) is 42.3 Å². The van der Waals surface area contributed by atoms with Gasteiger partial charge in [0, 0.05) is 31.1 Å². The smallest absolute Gasteiger partial charge is 0.262 e. The van der Waals surface area contributed by atoms with Crippen LogP contribution in [0.5, 0.6) is 11.5 Å². The van der Waals surface area contributed by atoms with Gasteiger partial charge >= 0.3 is 0 Å². The van der Waals surface area contributed by atoms with Gasteiger partial charge in [0.05, 0.1) is 47.3 Å². The Morgan fingerprint density at radius 1 is 1.04 bits per heavy atom. The number of methoxy groups -OCH3 is 1. The lowest BCUT2D eigenvalue weighted by atomic mass is 9.99. The third kappa shape index (κ3) is 8.36. The van der Waals surface area contributed by atoms with Gasteiger partial charge in [-0.1, -0.05) is 37.3 Å². The Labute approximate surface area is 292 Å². The molecule has 0 fully saturated rings. The van der Waals surface area contributed by atoms with Gasteiger partial charge in [-0.3, -0.25) is 19.2 Å². The van der Waals surface area contributed by atoms with E-state index in [1.54, 1.807) is 78.6 Å². The van der Waals surface area contributed by atoms with Gasteiger partial charge in [-0.15, -0.1) is 0 Å². The van der Waals surface area contributed by atoms with Crippen molar-refractivity contribution in [3.05, 3.63) is 108 Å². The summed E-state index contributed by atoms with van der Waals surface area (Å²) in [5.41, 5.74) is 8.74. The minimum Gasteiger partial charge on any atom is -0.497 e. The second kappa shape index (κ2) is 15.6. The molecule has 1 heterocycles. The number of benzene rings is 4. The van der Waals surface area contributed by atoms with Crippen LogP contribution in [0.25, 0.3) is 0 Å². The fraction of sp³-hybridized carbons (Fsp3) is 0.297. The van der Waals surface area contributed by atoms with E-state index in [1.807, 2.05) is 26.1 Å². The number of hydrogen-bond acceptors (Lipinski definition) is 9. The standard InChI is InChI=1S/C37H43N5O7S/c1-24-20-42(25(2)23-43)37(45)30-8-7-11-33(40-50(46,47)29-18-16-28(48-4)17-19-29)35(30)49-34(24)22-41(3)21-26-12-14-27(15-13-26)36(44)39-32-10-6-5-9-31(32)38/h5-19,24-25,34,40,43H,20-23,38H2,1-4H3,(H,39,44)/t24-,25-,34+/m0/s1. The number of carbonyl (C=O) groups is 2. The Kier molecular flexibility index (Phi) is 11.3. The number of nitrogens with two attached hydrogens (primary N) is 1. The molecule has 12 nitrogen and oxygen atoms in total. The molecule has 0 aromatic heterocycles. The number of sulfonamides is 1. The van der Waals surface area contributed by atoms with Gasteiger partial charge in [0.1, 0.15) is 11.9 Å². The van der Waals surface area contributed by atoms with Gasteiger partial charge in [0.2, 0.25) is 0 Å². The van der Waals surface area contributed by atoms with Crippen molar-refractivity contribution in [2.45, 2.75) is 37.4 Å². The lowest BCUT2D eigenvalue weighted by Gasteiger charge is -2.38. The molecule has 50 heavy (non-hydrogen) atoms. The number of amides is 2. The van der Waals surface area contributed by atoms with Crippen molar-refractivity contribution >= 4 is 38.9 Å². The molecular weight excluding hydrogens is 659 g/mol. The zero-order valence-corrected chi connectivity index (χ0v) is 29.3. The summed E-state index contributed by atoms with van der Waals surface area (Å²) in [5.74, 6) is -0.218. The van der Waals surface area contributed by atoms with E-state index in [-0.39, 0.29) is 46.2 Å². The Morgan fingerprint density at radius 3 is 2.38 bits per heavy atom. The molecule has 5 rings (SSSR count). The van der Waals surface area contributed by atoms with Crippen LogP contribution in [-0.2, 0) is 16.6 Å². The Morgan fingerprint density at radius 2 is 1.72 bits per heavy atom. The average molecular weight is 702 g/mol. The maximum atomic E-state index is 13.9. The predicted octanol–water partition coefficient (Wildman–Crippen LogP) is 4.68. The molecule has 1 aliphatic heterocycles. The van der Waals surface area contributed by atoms with Crippen LogP contribution in [0.15, 0.2) is 95.9 Å². The topological polar surface area (TPSA) is 164 Å². The first-order valence-electron chi connectivity index (χ1n) is 16.2. The molecule has 0 unspecified atom stereocenters. The number of rotatable bonds is 12. The quantitative estimate of drug-likeness (QED) is 0.154. The molecule has 5 N–H and O–H groups in total. The molecule has 0 radical (unpaired) electrons. The van der Waals surface area contributed by atoms with E-state index in [2.05, 4.69) is 14.9 Å². The van der Waals surface area contributed by atoms with Crippen molar-refractivity contribution in [1.29, 1.82) is 0 Å². The second-order valence-electron chi connectivity index (χ2n) is 12.5. The van der Waals surface area contributed by atoms with Gasteiger partial charge in [0.25, 0.3) is 21.8 Å². The van der Waals surface area contributed by atoms with Crippen molar-refractivity contribution in [2.24, 2.45) is 5.92 Å². The Hall–Kier alpha value is -5.11. The molecule has 3 atom stereocenters. The highest BCUT2D eigenvalue weighted by Gasteiger charge is 2.35. The summed E-state index contributed by atoms with van der Waals surface area (Å²) >= 11 is 0. The summed E-state index contributed by atoms with van der Waals surface area (Å²) in [6.45, 7) is 4.75. The molecule has 1 aliphatic rings. The molecule has 0 saturated heterocycles. The molecular formula is C37H43N5O7S. The van der Waals surface area contributed by atoms with Crippen molar-refractivity contribution in [3.8, 4) is 11.5 Å². The zero-order valence-electron chi connectivity index (χ0n) is 28.5. The third-order valence-electron chi connectivity index (χ3n) is 8.67. The average Bonchev–Trinajstić information content (AvgIpc) is 3.10. The molecule has 4 aromatic carbocycles. The van der Waals surface area contributed by atoms with E-state index < -0.39 is 22.2 Å². The van der Waals surface area contributed by atoms with E-state index in [1.165, 1.54) is 19.2 Å². The van der Waals surface area contributed by atoms with E-state index in [0.717, 1.165) is 5.56 Å². The summed E-state index contributed by atoms with van der Waals surface area (Å²) < 4.78 is 41.3. The van der Waals surface area contributed by atoms with Gasteiger partial charge in [-0.2, -0.15) is 0 Å². The van der Waals surface area contributed by atoms with Crippen LogP contribution in [0.2, 0.25) is 0 Å². The number of anilines is 3. The number of ether oxygens (including phenoxy) is 2. The SMILES string of the molecule is COc1ccc(S(=O)(=O)Nc2cccc3c2O[C@H](CN(C)Cc2ccc(C(=O)Nc4ccccc4N)cc2)[C@@H](C)CN([C@@H](C)CO)C3=O)cc1. The van der Waals surface area contributed by atoms with Gasteiger partial charge in [-0.05, 0) is 80.2 Å². The highest BCUT2D eigenvalue weighted by Crippen LogP contribution is 2.36. The molecule has 13 heteroatoms. The first-order valence-corrected chi connectivity index (χ1v) is 17.7. The minimum absolute atomic E-state index is 0.0148. The molecule has 264 valence electrons. The van der Waals surface area contributed by atoms with Crippen LogP contribution in [0.4, 0.5) is 17.1 Å². The molecule has 0 saturated carbocycles. The summed E-state index contributed by atoms with van der Waals surface area (Å²) in [4.78, 5) is 30.4. The first kappa shape index (κ1) is 36.2. The largest absolute Gasteiger partial charge is 0.497 e. The van der Waals surface area contributed by atoms with Crippen LogP contribution in [0.1, 0.15) is 40.1 Å². The molecule has 0 spiro atoms. The van der Waals surface area contributed by atoms with Crippen LogP contribution in [0, 0.1) is 5.92 Å². The van der Waals surface area contributed by atoms with E-state index >= 15 is 0 Å². The molecule has 0 aliphatic carbocycles. The fourth-order valence-electron chi connectivity index (χ4n) is 5.75. The maximum absolute atomic E-state index is 13.9. The number of aliphatic hydroxyl groups is 1. The molecule has 4 aromatic rings. The Bertz CT molecular complexity index is 1920. The number of aliphatic hydroxyl groups excluding tert-OH is 1. The van der Waals surface area contributed by atoms with Gasteiger partial charge in [-0.25, -0.2) is 8.42 Å². The number of hydrogen-bond donors (Lipinski definition) is 4. The van der Waals surface area contributed by atoms with Crippen molar-refractivity contribution in [3.63, 3.8) is 0 Å². The van der Waals surface area contributed by atoms with Crippen LogP contribution in [0.3, 0.4) is 0 Å². The highest BCUT2D eigenvalue weighted by molar-refractivity contribution is 7.92. The summed E-state index contributed by atoms with van der Waals surface area (Å²) in [5, 5.41) is 12.9. The van der Waals surface area contributed by atoms with E-state index in [9.17, 15) is 23.1 Å². The summed E-state index contributed by atoms with van der Waals surface area (Å²) in [7, 11) is -0.634. The predicted molar refractivity (Wildman–Crippen MR) is 193 cm³/mol. The number of fused-ring (bicyclic) bond motifs is 1. The number of nitrogens with one attached hydrogen (secondary N) is 2. The van der Waals surface area contributed by atoms with Crippen LogP contribution in [-0.4, -0.2) is 81.1 Å². The van der Waals surface area contributed by atoms with Crippen molar-refractivity contribution < 1.29 is 32.6 Å². The van der Waals surface area contributed by atoms with Gasteiger partial charge < -0.3 is 30.5 Å². The number of nitrogen functional groups attached to an aromatic ring is 1. The second-order valence-corrected chi connectivity index (χ2v) is 14.2. The Balaban J connectivity index is 1.37. The minimum atomic E-state index is -4.06. The van der Waals surface area contributed by atoms with Crippen LogP contribution >= 0.6 is 0 Å². The number of likely N-dealkylation sites (N-methyl/N-ethyl adjacent to an activating group) is 1. The van der Waals surface area contributed by atoms with Gasteiger partial charge in [0.15, 0.2) is 5.75 Å². The van der Waals surface area contributed by atoms with Crippen LogP contribution < -0.4 is 25.2 Å². The molecule has 2 amide bonds. The highest BCUT2D eigenvalue weighted by atomic mass is 32.2. The lowest BCUT2D eigenvalue weighted by molar-refractivity contribution is 0.0344. The van der Waals surface area contributed by atoms with E-state index in [4.69, 9.17) is 15.2 Å². The number of nitrogens with zero attached hydrogens (tertiary/aromatic N) is 2. The number of carbonyl (C=O) groups excluding carboxylic acids is 2. The number of para-hydroxylation sites is 3. The zero-order chi connectivity index (χ0) is 36.0. The normalized spacial score (nSPS) is 16.8. The fourth-order valence-corrected chi connectivity index (χ4v) is 6.81. The lowest BCUT2D eigenvalue weighted by Crippen LogP contribution is -2.49. The first-order chi connectivity index (χ1) is 23.9.